The van der Waals surface area contributed by atoms with Crippen molar-refractivity contribution in [3.05, 3.63) is 21.0 Å². The Bertz CT molecular complexity index is 354. The third kappa shape index (κ3) is 1.61. The molecule has 1 unspecified atom stereocenters. The minimum absolute atomic E-state index is 0.412. The predicted molar refractivity (Wildman–Crippen MR) is 61.4 cm³/mol. The largest absolute Gasteiger partial charge is 0.495 e. The van der Waals surface area contributed by atoms with Crippen molar-refractivity contribution in [1.82, 2.24) is 4.98 Å². The third-order valence-corrected chi connectivity index (χ3v) is 3.31. The van der Waals surface area contributed by atoms with Crippen molar-refractivity contribution >= 4 is 22.6 Å². The maximum absolute atomic E-state index is 9.75. The van der Waals surface area contributed by atoms with Gasteiger partial charge in [-0.3, -0.25) is 4.98 Å². The lowest BCUT2D eigenvalue weighted by molar-refractivity contribution is 0.150. The molecular formula is C10H12INO2. The Morgan fingerprint density at radius 3 is 3.14 bits per heavy atom. The summed E-state index contributed by atoms with van der Waals surface area (Å²) < 4.78 is 6.35. The lowest BCUT2D eigenvalue weighted by Gasteiger charge is -2.22. The van der Waals surface area contributed by atoms with Gasteiger partial charge < -0.3 is 9.84 Å². The fourth-order valence-corrected chi connectivity index (χ4v) is 2.57. The number of nitrogens with zero attached hydrogens (tertiary/aromatic N) is 1. The van der Waals surface area contributed by atoms with Crippen LogP contribution in [0.25, 0.3) is 0 Å². The molecule has 0 spiro atoms. The van der Waals surface area contributed by atoms with Gasteiger partial charge in [-0.15, -0.1) is 0 Å². The summed E-state index contributed by atoms with van der Waals surface area (Å²) in [5.74, 6) is 0.884. The molecule has 1 aliphatic rings. The van der Waals surface area contributed by atoms with Gasteiger partial charge in [-0.1, -0.05) is 0 Å². The molecule has 1 atom stereocenters. The highest BCUT2D eigenvalue weighted by atomic mass is 127. The summed E-state index contributed by atoms with van der Waals surface area (Å²) in [5, 5.41) is 9.75. The number of fused-ring (bicyclic) bond motifs is 1. The van der Waals surface area contributed by atoms with Crippen molar-refractivity contribution in [3.8, 4) is 5.75 Å². The minimum Gasteiger partial charge on any atom is -0.495 e. The van der Waals surface area contributed by atoms with Crippen LogP contribution in [0.5, 0.6) is 5.75 Å². The van der Waals surface area contributed by atoms with Gasteiger partial charge in [-0.2, -0.15) is 0 Å². The van der Waals surface area contributed by atoms with E-state index in [9.17, 15) is 5.11 Å². The highest BCUT2D eigenvalue weighted by Gasteiger charge is 2.23. The Kier molecular flexibility index (Phi) is 2.92. The number of aromatic nitrogens is 1. The van der Waals surface area contributed by atoms with Gasteiger partial charge in [0.15, 0.2) is 0 Å². The third-order valence-electron chi connectivity index (χ3n) is 2.54. The number of halogens is 1. The smallest absolute Gasteiger partial charge is 0.138 e. The molecule has 1 heterocycles. The van der Waals surface area contributed by atoms with E-state index in [4.69, 9.17) is 4.74 Å². The van der Waals surface area contributed by atoms with Crippen LogP contribution in [0.3, 0.4) is 0 Å². The van der Waals surface area contributed by atoms with Gasteiger partial charge >= 0.3 is 0 Å². The molecule has 1 N–H and O–H groups in total. The Hall–Kier alpha value is -0.360. The van der Waals surface area contributed by atoms with Crippen molar-refractivity contribution in [2.75, 3.05) is 7.11 Å². The van der Waals surface area contributed by atoms with Gasteiger partial charge in [-0.05, 0) is 41.9 Å². The van der Waals surface area contributed by atoms with E-state index in [-0.39, 0.29) is 0 Å². The zero-order valence-electron chi connectivity index (χ0n) is 7.96. The molecule has 14 heavy (non-hydrogen) atoms. The highest BCUT2D eigenvalue weighted by molar-refractivity contribution is 14.1. The Morgan fingerprint density at radius 2 is 2.43 bits per heavy atom. The molecule has 1 aromatic rings. The van der Waals surface area contributed by atoms with E-state index < -0.39 is 6.10 Å². The zero-order chi connectivity index (χ0) is 10.1. The molecule has 0 saturated heterocycles. The summed E-state index contributed by atoms with van der Waals surface area (Å²) >= 11 is 2.20. The number of aliphatic hydroxyl groups is 1. The van der Waals surface area contributed by atoms with Crippen LogP contribution in [0, 0.1) is 3.57 Å². The maximum Gasteiger partial charge on any atom is 0.138 e. The Labute approximate surface area is 96.6 Å². The molecule has 0 amide bonds. The summed E-state index contributed by atoms with van der Waals surface area (Å²) in [6.07, 6.45) is 4.12. The van der Waals surface area contributed by atoms with Crippen LogP contribution in [0.1, 0.15) is 30.2 Å². The van der Waals surface area contributed by atoms with E-state index in [0.29, 0.717) is 0 Å². The summed E-state index contributed by atoms with van der Waals surface area (Å²) in [4.78, 5) is 4.27. The van der Waals surface area contributed by atoms with Crippen LogP contribution in [0.15, 0.2) is 6.20 Å². The molecule has 0 fully saturated rings. The second-order valence-corrected chi connectivity index (χ2v) is 4.57. The Balaban J connectivity index is 2.55. The van der Waals surface area contributed by atoms with Crippen molar-refractivity contribution in [2.45, 2.75) is 25.4 Å². The standard InChI is InChI=1S/C10H12INO2/c1-14-10-6-3-2-4-8(13)9(6)12-5-7(10)11/h5,8,13H,2-4H2,1H3. The monoisotopic (exact) mass is 305 g/mol. The van der Waals surface area contributed by atoms with Gasteiger partial charge in [0.25, 0.3) is 0 Å². The lowest BCUT2D eigenvalue weighted by Crippen LogP contribution is -2.13. The first kappa shape index (κ1) is 10.2. The van der Waals surface area contributed by atoms with E-state index in [1.165, 1.54) is 0 Å². The SMILES string of the molecule is COc1c(I)cnc2c1CCCC2O. The summed E-state index contributed by atoms with van der Waals surface area (Å²) in [6, 6.07) is 0. The first-order valence-corrected chi connectivity index (χ1v) is 5.71. The second-order valence-electron chi connectivity index (χ2n) is 3.41. The average Bonchev–Trinajstić information content (AvgIpc) is 2.18. The van der Waals surface area contributed by atoms with Crippen molar-refractivity contribution in [3.63, 3.8) is 0 Å². The van der Waals surface area contributed by atoms with Crippen LogP contribution in [0.2, 0.25) is 0 Å². The van der Waals surface area contributed by atoms with Gasteiger partial charge in [-0.25, -0.2) is 0 Å². The number of rotatable bonds is 1. The average molecular weight is 305 g/mol. The summed E-state index contributed by atoms with van der Waals surface area (Å²) in [5.41, 5.74) is 1.88. The molecule has 0 bridgehead atoms. The van der Waals surface area contributed by atoms with E-state index in [0.717, 1.165) is 39.8 Å². The highest BCUT2D eigenvalue weighted by Crippen LogP contribution is 2.36. The van der Waals surface area contributed by atoms with Crippen LogP contribution >= 0.6 is 22.6 Å². The summed E-state index contributed by atoms with van der Waals surface area (Å²) in [6.45, 7) is 0. The molecular weight excluding hydrogens is 293 g/mol. The molecule has 2 rings (SSSR count). The molecule has 0 radical (unpaired) electrons. The first-order chi connectivity index (χ1) is 6.74. The van der Waals surface area contributed by atoms with Gasteiger partial charge in [0, 0.05) is 11.8 Å². The van der Waals surface area contributed by atoms with Gasteiger partial charge in [0.05, 0.1) is 22.5 Å². The first-order valence-electron chi connectivity index (χ1n) is 4.63. The fraction of sp³-hybridized carbons (Fsp3) is 0.500. The number of methoxy groups -OCH3 is 1. The van der Waals surface area contributed by atoms with Crippen molar-refractivity contribution < 1.29 is 9.84 Å². The van der Waals surface area contributed by atoms with Crippen molar-refractivity contribution in [1.29, 1.82) is 0 Å². The summed E-state index contributed by atoms with van der Waals surface area (Å²) in [7, 11) is 1.67. The van der Waals surface area contributed by atoms with Crippen LogP contribution in [-0.4, -0.2) is 17.2 Å². The van der Waals surface area contributed by atoms with E-state index >= 15 is 0 Å². The van der Waals surface area contributed by atoms with Crippen LogP contribution < -0.4 is 4.74 Å². The molecule has 0 saturated carbocycles. The van der Waals surface area contributed by atoms with Crippen LogP contribution in [0.4, 0.5) is 0 Å². The molecule has 4 heteroatoms. The number of hydrogen-bond donors (Lipinski definition) is 1. The molecule has 76 valence electrons. The molecule has 0 aromatic carbocycles. The predicted octanol–water partition coefficient (Wildman–Crippen LogP) is 2.06. The molecule has 1 aliphatic carbocycles. The maximum atomic E-state index is 9.75. The number of aliphatic hydroxyl groups excluding tert-OH is 1. The quantitative estimate of drug-likeness (QED) is 0.808. The number of ether oxygens (including phenoxy) is 1. The number of pyridine rings is 1. The topological polar surface area (TPSA) is 42.4 Å². The zero-order valence-corrected chi connectivity index (χ0v) is 10.1. The molecule has 3 nitrogen and oxygen atoms in total. The molecule has 1 aromatic heterocycles. The fourth-order valence-electron chi connectivity index (χ4n) is 1.88. The van der Waals surface area contributed by atoms with Crippen LogP contribution in [-0.2, 0) is 6.42 Å². The van der Waals surface area contributed by atoms with Gasteiger partial charge in [0.2, 0.25) is 0 Å². The van der Waals surface area contributed by atoms with E-state index in [1.54, 1.807) is 13.3 Å². The Morgan fingerprint density at radius 1 is 1.64 bits per heavy atom. The molecule has 0 aliphatic heterocycles. The normalized spacial score (nSPS) is 20.4. The van der Waals surface area contributed by atoms with Gasteiger partial charge in [0.1, 0.15) is 5.75 Å². The second kappa shape index (κ2) is 4.02. The number of hydrogen-bond acceptors (Lipinski definition) is 3. The van der Waals surface area contributed by atoms with E-state index in [1.807, 2.05) is 0 Å². The van der Waals surface area contributed by atoms with E-state index in [2.05, 4.69) is 27.6 Å². The lowest BCUT2D eigenvalue weighted by atomic mass is 9.93. The van der Waals surface area contributed by atoms with Crippen molar-refractivity contribution in [2.24, 2.45) is 0 Å². The minimum atomic E-state index is -0.412.